The lowest BCUT2D eigenvalue weighted by Gasteiger charge is -2.04. The molecule has 0 fully saturated rings. The van der Waals surface area contributed by atoms with Gasteiger partial charge in [-0.1, -0.05) is 48.5 Å². The predicted octanol–water partition coefficient (Wildman–Crippen LogP) is 2.06. The lowest BCUT2D eigenvalue weighted by molar-refractivity contribution is -0.656. The van der Waals surface area contributed by atoms with Gasteiger partial charge in [-0.05, 0) is 11.2 Å². The van der Waals surface area contributed by atoms with Gasteiger partial charge >= 0.3 is 10.1 Å². The van der Waals surface area contributed by atoms with Gasteiger partial charge in [0.05, 0.1) is 28.3 Å². The highest BCUT2D eigenvalue weighted by molar-refractivity contribution is 7.17. The molecule has 0 unspecified atom stereocenters. The molecule has 0 saturated heterocycles. The minimum atomic E-state index is -0.420. The van der Waals surface area contributed by atoms with Crippen molar-refractivity contribution in [3.63, 3.8) is 0 Å². The minimum absolute atomic E-state index is 0. The molecule has 0 saturated carbocycles. The summed E-state index contributed by atoms with van der Waals surface area (Å²) in [6.45, 7) is 0. The average Bonchev–Trinajstić information content (AvgIpc) is 3.19. The van der Waals surface area contributed by atoms with Crippen molar-refractivity contribution in [2.75, 3.05) is 0 Å². The zero-order chi connectivity index (χ0) is 19.0. The summed E-state index contributed by atoms with van der Waals surface area (Å²) >= 11 is 0.997. The Bertz CT molecular complexity index is 1180. The van der Waals surface area contributed by atoms with Gasteiger partial charge in [0.1, 0.15) is 5.69 Å². The average molecular weight is 414 g/mol. The number of nitrogens with zero attached hydrogens (tertiary/aromatic N) is 5. The molecule has 0 radical (unpaired) electrons. The first-order chi connectivity index (χ1) is 13.1. The van der Waals surface area contributed by atoms with Crippen molar-refractivity contribution >= 4 is 38.1 Å². The fraction of sp³-hybridized carbons (Fsp3) is 0.105. The van der Waals surface area contributed by atoms with Gasteiger partial charge in [0.15, 0.2) is 6.20 Å². The molecule has 0 amide bonds. The fourth-order valence-corrected chi connectivity index (χ4v) is 3.83. The zero-order valence-corrected chi connectivity index (χ0v) is 16.7. The number of nitro groups is 1. The molecule has 4 rings (SSSR count). The SMILES string of the molecule is Cn1c(-c2ccccc2)c(N=Nc2sc([N+](=O)[O-])c[n+]2C)c2ccccc21.[Cl-]. The molecule has 2 heterocycles. The minimum Gasteiger partial charge on any atom is -1.00 e. The first kappa shape index (κ1) is 19.7. The maximum absolute atomic E-state index is 11.0. The molecular weight excluding hydrogens is 398 g/mol. The summed E-state index contributed by atoms with van der Waals surface area (Å²) in [5.74, 6) is 0. The Morgan fingerprint density at radius 1 is 1.07 bits per heavy atom. The second-order valence-corrected chi connectivity index (χ2v) is 7.05. The second kappa shape index (κ2) is 7.87. The number of para-hydroxylation sites is 1. The Balaban J connectivity index is 0.00000225. The monoisotopic (exact) mass is 413 g/mol. The van der Waals surface area contributed by atoms with E-state index in [2.05, 4.69) is 14.8 Å². The number of azo groups is 1. The lowest BCUT2D eigenvalue weighted by Crippen LogP contribution is -3.00. The van der Waals surface area contributed by atoms with E-state index < -0.39 is 4.92 Å². The molecule has 142 valence electrons. The molecule has 0 aliphatic rings. The van der Waals surface area contributed by atoms with Crippen molar-refractivity contribution in [3.05, 3.63) is 70.9 Å². The largest absolute Gasteiger partial charge is 1.00 e. The maximum Gasteiger partial charge on any atom is 0.414 e. The molecule has 7 nitrogen and oxygen atoms in total. The molecule has 2 aromatic heterocycles. The normalized spacial score (nSPS) is 11.1. The predicted molar refractivity (Wildman–Crippen MR) is 105 cm³/mol. The van der Waals surface area contributed by atoms with Crippen LogP contribution in [0.4, 0.5) is 15.8 Å². The van der Waals surface area contributed by atoms with Crippen molar-refractivity contribution < 1.29 is 21.9 Å². The zero-order valence-electron chi connectivity index (χ0n) is 15.1. The van der Waals surface area contributed by atoms with Crippen LogP contribution in [0, 0.1) is 10.1 Å². The van der Waals surface area contributed by atoms with Crippen molar-refractivity contribution in [1.29, 1.82) is 0 Å². The van der Waals surface area contributed by atoms with Crippen LogP contribution in [0.5, 0.6) is 0 Å². The van der Waals surface area contributed by atoms with Crippen LogP contribution in [-0.4, -0.2) is 9.49 Å². The third-order valence-corrected chi connectivity index (χ3v) is 5.36. The van der Waals surface area contributed by atoms with E-state index >= 15 is 0 Å². The Morgan fingerprint density at radius 3 is 2.43 bits per heavy atom. The number of fused-ring (bicyclic) bond motifs is 1. The highest BCUT2D eigenvalue weighted by atomic mass is 35.5. The lowest BCUT2D eigenvalue weighted by atomic mass is 10.1. The molecule has 28 heavy (non-hydrogen) atoms. The summed E-state index contributed by atoms with van der Waals surface area (Å²) in [6, 6.07) is 18.0. The highest BCUT2D eigenvalue weighted by Gasteiger charge is 2.23. The Kier molecular flexibility index (Phi) is 5.53. The third kappa shape index (κ3) is 3.39. The number of aromatic nitrogens is 2. The van der Waals surface area contributed by atoms with E-state index in [0.29, 0.717) is 5.13 Å². The van der Waals surface area contributed by atoms with Crippen LogP contribution in [0.2, 0.25) is 0 Å². The van der Waals surface area contributed by atoms with Crippen LogP contribution in [0.3, 0.4) is 0 Å². The summed E-state index contributed by atoms with van der Waals surface area (Å²) in [5, 5.41) is 21.3. The van der Waals surface area contributed by atoms with Crippen LogP contribution in [0.25, 0.3) is 22.2 Å². The first-order valence-corrected chi connectivity index (χ1v) is 9.06. The van der Waals surface area contributed by atoms with Crippen molar-refractivity contribution in [1.82, 2.24) is 4.57 Å². The molecule has 0 aliphatic heterocycles. The molecule has 0 N–H and O–H groups in total. The number of aryl methyl sites for hydroxylation is 2. The van der Waals surface area contributed by atoms with E-state index in [1.54, 1.807) is 11.6 Å². The number of hydrogen-bond donors (Lipinski definition) is 0. The summed E-state index contributed by atoms with van der Waals surface area (Å²) in [7, 11) is 3.72. The topological polar surface area (TPSA) is 76.7 Å². The Labute approximate surface area is 171 Å². The van der Waals surface area contributed by atoms with E-state index in [-0.39, 0.29) is 17.4 Å². The number of rotatable bonds is 4. The van der Waals surface area contributed by atoms with Crippen LogP contribution in [-0.2, 0) is 14.1 Å². The van der Waals surface area contributed by atoms with Crippen LogP contribution in [0.1, 0.15) is 0 Å². The molecule has 0 bridgehead atoms. The van der Waals surface area contributed by atoms with Gasteiger partial charge in [0.25, 0.3) is 0 Å². The van der Waals surface area contributed by atoms with Crippen LogP contribution in [0.15, 0.2) is 71.0 Å². The van der Waals surface area contributed by atoms with Crippen LogP contribution < -0.4 is 17.0 Å². The van der Waals surface area contributed by atoms with Gasteiger partial charge in [-0.25, -0.2) is 4.57 Å². The second-order valence-electron chi connectivity index (χ2n) is 6.06. The number of thiazole rings is 1. The smallest absolute Gasteiger partial charge is 0.414 e. The Hall–Kier alpha value is -3.10. The van der Waals surface area contributed by atoms with Gasteiger partial charge in [-0.15, -0.1) is 0 Å². The van der Waals surface area contributed by atoms with Crippen LogP contribution >= 0.6 is 11.3 Å². The molecule has 4 aromatic rings. The standard InChI is InChI=1S/C19H16N5O2S.ClH/c1-22-12-16(24(25)26)27-19(22)21-20-17-14-10-6-7-11-15(14)23(2)18(17)13-8-4-3-5-9-13;/h3-12H,1-2H3;1H/q+1;/p-1. The molecule has 9 heteroatoms. The van der Waals surface area contributed by atoms with E-state index in [9.17, 15) is 10.1 Å². The van der Waals surface area contributed by atoms with Gasteiger partial charge in [0.2, 0.25) is 0 Å². The van der Waals surface area contributed by atoms with Crippen molar-refractivity contribution in [3.8, 4) is 11.3 Å². The summed E-state index contributed by atoms with van der Waals surface area (Å²) in [4.78, 5) is 10.6. The van der Waals surface area contributed by atoms with E-state index in [0.717, 1.165) is 39.2 Å². The summed E-state index contributed by atoms with van der Waals surface area (Å²) in [6.07, 6.45) is 1.44. The molecule has 0 atom stereocenters. The summed E-state index contributed by atoms with van der Waals surface area (Å²) in [5.41, 5.74) is 3.78. The molecule has 0 spiro atoms. The van der Waals surface area contributed by atoms with Crippen molar-refractivity contribution in [2.24, 2.45) is 24.3 Å². The summed E-state index contributed by atoms with van der Waals surface area (Å²) < 4.78 is 3.70. The van der Waals surface area contributed by atoms with Gasteiger partial charge < -0.3 is 17.0 Å². The molecule has 0 aliphatic carbocycles. The molecular formula is C19H16ClN5O2S. The first-order valence-electron chi connectivity index (χ1n) is 8.24. The number of benzene rings is 2. The number of halogens is 1. The Morgan fingerprint density at radius 2 is 1.75 bits per heavy atom. The van der Waals surface area contributed by atoms with E-state index in [1.165, 1.54) is 6.20 Å². The van der Waals surface area contributed by atoms with E-state index in [4.69, 9.17) is 0 Å². The van der Waals surface area contributed by atoms with Crippen molar-refractivity contribution in [2.45, 2.75) is 0 Å². The number of hydrogen-bond acceptors (Lipinski definition) is 5. The van der Waals surface area contributed by atoms with E-state index in [1.807, 2.05) is 61.6 Å². The fourth-order valence-electron chi connectivity index (χ4n) is 3.08. The van der Waals surface area contributed by atoms with Gasteiger partial charge in [0, 0.05) is 29.3 Å². The van der Waals surface area contributed by atoms with Gasteiger partial charge in [-0.2, -0.15) is 0 Å². The highest BCUT2D eigenvalue weighted by Crippen LogP contribution is 2.40. The quantitative estimate of drug-likeness (QED) is 0.222. The molecule has 2 aromatic carbocycles. The van der Waals surface area contributed by atoms with Gasteiger partial charge in [-0.3, -0.25) is 10.1 Å². The third-order valence-electron chi connectivity index (χ3n) is 4.34. The maximum atomic E-state index is 11.0.